The monoisotopic (exact) mass is 235 g/mol. The van der Waals surface area contributed by atoms with Gasteiger partial charge in [0.1, 0.15) is 0 Å². The third kappa shape index (κ3) is 1.44. The fraction of sp³-hybridized carbons (Fsp3) is 0.294. The maximum atomic E-state index is 2.64. The zero-order chi connectivity index (χ0) is 11.9. The van der Waals surface area contributed by atoms with Crippen LogP contribution in [-0.2, 0) is 12.8 Å². The van der Waals surface area contributed by atoms with E-state index in [1.54, 1.807) is 0 Å². The van der Waals surface area contributed by atoms with Crippen LogP contribution < -0.4 is 0 Å². The second-order valence-electron chi connectivity index (χ2n) is 5.34. The van der Waals surface area contributed by atoms with Crippen molar-refractivity contribution in [2.75, 3.05) is 13.1 Å². The Balaban J connectivity index is 1.91. The lowest BCUT2D eigenvalue weighted by Crippen LogP contribution is -2.40. The Morgan fingerprint density at radius 1 is 0.722 bits per heavy atom. The molecule has 0 radical (unpaired) electrons. The van der Waals surface area contributed by atoms with Crippen molar-refractivity contribution >= 4 is 0 Å². The van der Waals surface area contributed by atoms with Crippen LogP contribution in [0, 0.1) is 0 Å². The molecule has 0 spiro atoms. The molecule has 0 aliphatic carbocycles. The maximum absolute atomic E-state index is 2.64. The first-order chi connectivity index (χ1) is 8.93. The summed E-state index contributed by atoms with van der Waals surface area (Å²) in [4.78, 5) is 2.64. The SMILES string of the molecule is c1ccc2c(c1)CCN1CCc3ccccc3C21. The smallest absolute Gasteiger partial charge is 0.0607 e. The molecule has 1 heteroatoms. The fourth-order valence-electron chi connectivity index (χ4n) is 3.52. The van der Waals surface area contributed by atoms with E-state index in [0.717, 1.165) is 0 Å². The minimum absolute atomic E-state index is 0.500. The van der Waals surface area contributed by atoms with Crippen LogP contribution in [0.15, 0.2) is 48.5 Å². The Hall–Kier alpha value is -1.60. The molecule has 0 unspecified atom stereocenters. The first-order valence-corrected chi connectivity index (χ1v) is 6.83. The maximum Gasteiger partial charge on any atom is 0.0607 e. The summed E-state index contributed by atoms with van der Waals surface area (Å²) in [7, 11) is 0. The molecule has 0 saturated carbocycles. The normalized spacial score (nSPS) is 18.9. The van der Waals surface area contributed by atoms with Crippen LogP contribution in [0.5, 0.6) is 0 Å². The molecule has 0 atom stereocenters. The highest BCUT2D eigenvalue weighted by Crippen LogP contribution is 2.39. The molecule has 90 valence electrons. The molecular formula is C17H17N. The minimum Gasteiger partial charge on any atom is -0.292 e. The van der Waals surface area contributed by atoms with E-state index < -0.39 is 0 Å². The van der Waals surface area contributed by atoms with Gasteiger partial charge < -0.3 is 0 Å². The highest BCUT2D eigenvalue weighted by molar-refractivity contribution is 5.44. The predicted octanol–water partition coefficient (Wildman–Crippen LogP) is 3.19. The Labute approximate surface area is 108 Å². The Bertz CT molecular complexity index is 536. The standard InChI is InChI=1S/C17H17N/c1-3-7-15-13(5-1)9-11-18-12-10-14-6-2-4-8-16(14)17(15)18/h1-8,17H,9-12H2. The summed E-state index contributed by atoms with van der Waals surface area (Å²) in [5, 5.41) is 0. The number of rotatable bonds is 0. The Morgan fingerprint density at radius 3 is 1.78 bits per heavy atom. The molecule has 18 heavy (non-hydrogen) atoms. The van der Waals surface area contributed by atoms with Crippen LogP contribution in [0.4, 0.5) is 0 Å². The third-order valence-electron chi connectivity index (χ3n) is 4.40. The van der Waals surface area contributed by atoms with Gasteiger partial charge in [-0.15, -0.1) is 0 Å². The summed E-state index contributed by atoms with van der Waals surface area (Å²) in [6, 6.07) is 18.4. The topological polar surface area (TPSA) is 3.24 Å². The van der Waals surface area contributed by atoms with Crippen molar-refractivity contribution in [2.45, 2.75) is 18.9 Å². The van der Waals surface area contributed by atoms with Gasteiger partial charge in [0.25, 0.3) is 0 Å². The largest absolute Gasteiger partial charge is 0.292 e. The molecule has 0 fully saturated rings. The second kappa shape index (κ2) is 3.96. The van der Waals surface area contributed by atoms with Gasteiger partial charge >= 0.3 is 0 Å². The van der Waals surface area contributed by atoms with Gasteiger partial charge in [0, 0.05) is 13.1 Å². The zero-order valence-corrected chi connectivity index (χ0v) is 10.5. The summed E-state index contributed by atoms with van der Waals surface area (Å²) in [5.41, 5.74) is 6.12. The van der Waals surface area contributed by atoms with Crippen LogP contribution in [0.3, 0.4) is 0 Å². The molecule has 2 heterocycles. The molecule has 4 rings (SSSR count). The Morgan fingerprint density at radius 2 is 1.22 bits per heavy atom. The second-order valence-corrected chi connectivity index (χ2v) is 5.34. The van der Waals surface area contributed by atoms with E-state index in [1.807, 2.05) is 0 Å². The lowest BCUT2D eigenvalue weighted by molar-refractivity contribution is 0.202. The zero-order valence-electron chi connectivity index (χ0n) is 10.5. The number of hydrogen-bond acceptors (Lipinski definition) is 1. The van der Waals surface area contributed by atoms with E-state index in [1.165, 1.54) is 48.2 Å². The van der Waals surface area contributed by atoms with Crippen molar-refractivity contribution in [3.05, 3.63) is 70.8 Å². The number of fused-ring (bicyclic) bond motifs is 5. The summed E-state index contributed by atoms with van der Waals surface area (Å²) in [6.45, 7) is 2.41. The van der Waals surface area contributed by atoms with Crippen molar-refractivity contribution in [1.82, 2.24) is 4.90 Å². The van der Waals surface area contributed by atoms with E-state index in [-0.39, 0.29) is 0 Å². The van der Waals surface area contributed by atoms with Gasteiger partial charge in [-0.2, -0.15) is 0 Å². The van der Waals surface area contributed by atoms with Crippen molar-refractivity contribution < 1.29 is 0 Å². The highest BCUT2D eigenvalue weighted by atomic mass is 15.2. The van der Waals surface area contributed by atoms with Crippen molar-refractivity contribution in [2.24, 2.45) is 0 Å². The van der Waals surface area contributed by atoms with Gasteiger partial charge in [-0.05, 0) is 35.1 Å². The molecule has 2 aromatic carbocycles. The first kappa shape index (κ1) is 10.3. The van der Waals surface area contributed by atoms with E-state index >= 15 is 0 Å². The summed E-state index contributed by atoms with van der Waals surface area (Å²) >= 11 is 0. The van der Waals surface area contributed by atoms with E-state index in [9.17, 15) is 0 Å². The van der Waals surface area contributed by atoms with E-state index in [0.29, 0.717) is 6.04 Å². The van der Waals surface area contributed by atoms with Gasteiger partial charge in [-0.3, -0.25) is 4.90 Å². The predicted molar refractivity (Wildman–Crippen MR) is 73.7 cm³/mol. The van der Waals surface area contributed by atoms with Crippen LogP contribution >= 0.6 is 0 Å². The number of benzene rings is 2. The van der Waals surface area contributed by atoms with Gasteiger partial charge in [-0.1, -0.05) is 48.5 Å². The van der Waals surface area contributed by atoms with Crippen LogP contribution in [0.25, 0.3) is 0 Å². The fourth-order valence-corrected chi connectivity index (χ4v) is 3.52. The highest BCUT2D eigenvalue weighted by Gasteiger charge is 2.32. The summed E-state index contributed by atoms with van der Waals surface area (Å²) in [5.74, 6) is 0. The molecule has 2 aromatic rings. The minimum atomic E-state index is 0.500. The van der Waals surface area contributed by atoms with Crippen molar-refractivity contribution in [3.63, 3.8) is 0 Å². The third-order valence-corrected chi connectivity index (χ3v) is 4.40. The molecule has 0 saturated heterocycles. The van der Waals surface area contributed by atoms with Gasteiger partial charge in [0.05, 0.1) is 6.04 Å². The lowest BCUT2D eigenvalue weighted by Gasteiger charge is -2.41. The molecule has 0 amide bonds. The lowest BCUT2D eigenvalue weighted by atomic mass is 9.83. The first-order valence-electron chi connectivity index (χ1n) is 6.83. The number of hydrogen-bond donors (Lipinski definition) is 0. The molecular weight excluding hydrogens is 218 g/mol. The van der Waals surface area contributed by atoms with Gasteiger partial charge in [0.2, 0.25) is 0 Å². The average molecular weight is 235 g/mol. The molecule has 0 bridgehead atoms. The molecule has 0 aromatic heterocycles. The van der Waals surface area contributed by atoms with Crippen LogP contribution in [0.2, 0.25) is 0 Å². The summed E-state index contributed by atoms with van der Waals surface area (Å²) in [6.07, 6.45) is 2.41. The van der Waals surface area contributed by atoms with E-state index in [4.69, 9.17) is 0 Å². The molecule has 2 aliphatic rings. The summed E-state index contributed by atoms with van der Waals surface area (Å²) < 4.78 is 0. The van der Waals surface area contributed by atoms with Crippen molar-refractivity contribution in [3.8, 4) is 0 Å². The number of nitrogens with zero attached hydrogens (tertiary/aromatic N) is 1. The van der Waals surface area contributed by atoms with E-state index in [2.05, 4.69) is 53.4 Å². The van der Waals surface area contributed by atoms with Crippen molar-refractivity contribution in [1.29, 1.82) is 0 Å². The van der Waals surface area contributed by atoms with Gasteiger partial charge in [0.15, 0.2) is 0 Å². The molecule has 0 N–H and O–H groups in total. The molecule has 1 nitrogen and oxygen atoms in total. The molecule has 2 aliphatic heterocycles. The van der Waals surface area contributed by atoms with Crippen LogP contribution in [0.1, 0.15) is 28.3 Å². The Kier molecular flexibility index (Phi) is 2.27. The van der Waals surface area contributed by atoms with Crippen LogP contribution in [-0.4, -0.2) is 18.0 Å². The van der Waals surface area contributed by atoms with Gasteiger partial charge in [-0.25, -0.2) is 0 Å². The quantitative estimate of drug-likeness (QED) is 0.678. The average Bonchev–Trinajstić information content (AvgIpc) is 2.46.